The van der Waals surface area contributed by atoms with Gasteiger partial charge in [0.2, 0.25) is 11.9 Å². The van der Waals surface area contributed by atoms with Crippen LogP contribution in [-0.4, -0.2) is 38.6 Å². The van der Waals surface area contributed by atoms with Crippen molar-refractivity contribution in [2.45, 2.75) is 30.8 Å². The molecule has 8 nitrogen and oxygen atoms in total. The molecule has 1 aromatic carbocycles. The van der Waals surface area contributed by atoms with E-state index in [2.05, 4.69) is 35.9 Å². The molecule has 142 valence electrons. The smallest absolute Gasteiger partial charge is 0.262 e. The first kappa shape index (κ1) is 19.6. The summed E-state index contributed by atoms with van der Waals surface area (Å²) in [6, 6.07) is 5.50. The topological polar surface area (TPSA) is 103 Å². The van der Waals surface area contributed by atoms with E-state index < -0.39 is 0 Å². The minimum absolute atomic E-state index is 0.0670. The van der Waals surface area contributed by atoms with Crippen LogP contribution in [0.2, 0.25) is 0 Å². The lowest BCUT2D eigenvalue weighted by molar-refractivity contribution is 0.632. The van der Waals surface area contributed by atoms with Crippen molar-refractivity contribution < 1.29 is 0 Å². The Bertz CT molecular complexity index is 1050. The average molecular weight is 450 g/mol. The summed E-state index contributed by atoms with van der Waals surface area (Å²) < 4.78 is 2.51. The van der Waals surface area contributed by atoms with Gasteiger partial charge >= 0.3 is 0 Å². The Labute approximate surface area is 169 Å². The van der Waals surface area contributed by atoms with Gasteiger partial charge in [0.1, 0.15) is 5.82 Å². The lowest BCUT2D eigenvalue weighted by Gasteiger charge is -2.16. The zero-order chi connectivity index (χ0) is 19.7. The van der Waals surface area contributed by atoms with Gasteiger partial charge in [-0.25, -0.2) is 4.98 Å². The van der Waals surface area contributed by atoms with Gasteiger partial charge in [0, 0.05) is 25.1 Å². The van der Waals surface area contributed by atoms with Crippen molar-refractivity contribution in [1.82, 2.24) is 24.5 Å². The molecule has 27 heavy (non-hydrogen) atoms. The Morgan fingerprint density at radius 2 is 2.00 bits per heavy atom. The quantitative estimate of drug-likeness (QED) is 0.468. The maximum atomic E-state index is 12.9. The Balaban J connectivity index is 2.03. The molecule has 2 N–H and O–H groups in total. The van der Waals surface area contributed by atoms with E-state index in [4.69, 9.17) is 5.73 Å². The van der Waals surface area contributed by atoms with E-state index >= 15 is 0 Å². The summed E-state index contributed by atoms with van der Waals surface area (Å²) in [4.78, 5) is 32.2. The van der Waals surface area contributed by atoms with Crippen LogP contribution >= 0.6 is 27.7 Å². The number of benzene rings is 1. The molecule has 0 radical (unpaired) electrons. The monoisotopic (exact) mass is 449 g/mol. The van der Waals surface area contributed by atoms with E-state index in [1.165, 1.54) is 11.8 Å². The number of rotatable bonds is 5. The predicted octanol–water partition coefficient (Wildman–Crippen LogP) is 2.87. The molecule has 3 rings (SSSR count). The first-order valence-electron chi connectivity index (χ1n) is 8.35. The van der Waals surface area contributed by atoms with Crippen LogP contribution in [0.25, 0.3) is 10.9 Å². The van der Waals surface area contributed by atoms with E-state index in [0.717, 1.165) is 4.47 Å². The van der Waals surface area contributed by atoms with E-state index in [1.807, 2.05) is 40.1 Å². The zero-order valence-corrected chi connectivity index (χ0v) is 17.9. The molecule has 0 spiro atoms. The molecule has 0 amide bonds. The van der Waals surface area contributed by atoms with Gasteiger partial charge in [-0.1, -0.05) is 27.7 Å². The highest BCUT2D eigenvalue weighted by atomic mass is 79.9. The molecule has 0 aliphatic heterocycles. The summed E-state index contributed by atoms with van der Waals surface area (Å²) in [5, 5.41) is 1.05. The van der Waals surface area contributed by atoms with Gasteiger partial charge in [0.15, 0.2) is 5.16 Å². The van der Waals surface area contributed by atoms with Gasteiger partial charge in [0.05, 0.1) is 16.2 Å². The average Bonchev–Trinajstić information content (AvgIpc) is 2.62. The molecule has 0 bridgehead atoms. The van der Waals surface area contributed by atoms with Crippen LogP contribution in [0.4, 0.5) is 11.9 Å². The Hall–Kier alpha value is -2.20. The zero-order valence-electron chi connectivity index (χ0n) is 15.5. The number of aromatic nitrogens is 5. The molecule has 0 fully saturated rings. The second kappa shape index (κ2) is 7.81. The van der Waals surface area contributed by atoms with E-state index in [1.54, 1.807) is 15.5 Å². The summed E-state index contributed by atoms with van der Waals surface area (Å²) in [6.07, 6.45) is 0. The maximum Gasteiger partial charge on any atom is 0.262 e. The van der Waals surface area contributed by atoms with Gasteiger partial charge in [-0.2, -0.15) is 15.0 Å². The molecule has 0 aliphatic carbocycles. The van der Waals surface area contributed by atoms with Crippen LogP contribution in [0.3, 0.4) is 0 Å². The number of nitrogens with two attached hydrogens (primary N) is 1. The summed E-state index contributed by atoms with van der Waals surface area (Å²) in [7, 11) is 3.68. The summed E-state index contributed by atoms with van der Waals surface area (Å²) >= 11 is 4.83. The number of nitrogens with zero attached hydrogens (tertiary/aromatic N) is 6. The third kappa shape index (κ3) is 4.06. The molecule has 0 saturated heterocycles. The molecule has 2 aromatic heterocycles. The predicted molar refractivity (Wildman–Crippen MR) is 112 cm³/mol. The van der Waals surface area contributed by atoms with E-state index in [9.17, 15) is 4.79 Å². The Morgan fingerprint density at radius 3 is 2.67 bits per heavy atom. The second-order valence-corrected chi connectivity index (χ2v) is 8.34. The molecule has 1 unspecified atom stereocenters. The standard InChI is InChI=1S/C17H20BrN7OS/c1-5-25-14(26)11-8-10(18)6-7-12(11)20-17(25)27-9(2)13-21-15(19)23-16(22-13)24(3)4/h6-9H,5H2,1-4H3,(H2,19,21,22,23). The Kier molecular flexibility index (Phi) is 5.66. The molecule has 10 heteroatoms. The fourth-order valence-corrected chi connectivity index (χ4v) is 3.91. The normalized spacial score (nSPS) is 12.3. The van der Waals surface area contributed by atoms with Crippen molar-refractivity contribution in [3.05, 3.63) is 38.9 Å². The number of hydrogen-bond acceptors (Lipinski definition) is 8. The van der Waals surface area contributed by atoms with Crippen LogP contribution in [0.1, 0.15) is 24.9 Å². The van der Waals surface area contributed by atoms with Gasteiger partial charge in [0.25, 0.3) is 5.56 Å². The minimum Gasteiger partial charge on any atom is -0.368 e. The number of fused-ring (bicyclic) bond motifs is 1. The van der Waals surface area contributed by atoms with Crippen molar-refractivity contribution in [2.24, 2.45) is 0 Å². The summed E-state index contributed by atoms with van der Waals surface area (Å²) in [6.45, 7) is 4.40. The van der Waals surface area contributed by atoms with Crippen molar-refractivity contribution in [3.8, 4) is 0 Å². The molecule has 0 aliphatic rings. The van der Waals surface area contributed by atoms with Gasteiger partial charge in [-0.05, 0) is 32.0 Å². The van der Waals surface area contributed by atoms with Crippen LogP contribution in [0.5, 0.6) is 0 Å². The van der Waals surface area contributed by atoms with E-state index in [-0.39, 0.29) is 16.8 Å². The number of anilines is 2. The first-order valence-corrected chi connectivity index (χ1v) is 10.0. The van der Waals surface area contributed by atoms with Crippen molar-refractivity contribution in [2.75, 3.05) is 24.7 Å². The highest BCUT2D eigenvalue weighted by Gasteiger charge is 2.19. The van der Waals surface area contributed by atoms with Gasteiger partial charge in [-0.3, -0.25) is 9.36 Å². The maximum absolute atomic E-state index is 12.9. The second-order valence-electron chi connectivity index (χ2n) is 6.11. The number of thioether (sulfide) groups is 1. The van der Waals surface area contributed by atoms with Crippen LogP contribution in [0, 0.1) is 0 Å². The number of nitrogen functional groups attached to an aromatic ring is 1. The third-order valence-electron chi connectivity index (χ3n) is 3.90. The fraction of sp³-hybridized carbons (Fsp3) is 0.353. The number of halogens is 1. The molecule has 0 saturated carbocycles. The highest BCUT2D eigenvalue weighted by molar-refractivity contribution is 9.10. The number of hydrogen-bond donors (Lipinski definition) is 1. The van der Waals surface area contributed by atoms with Crippen LogP contribution in [-0.2, 0) is 6.54 Å². The molecule has 3 aromatic rings. The van der Waals surface area contributed by atoms with Gasteiger partial charge < -0.3 is 10.6 Å². The molecule has 1 atom stereocenters. The largest absolute Gasteiger partial charge is 0.368 e. The summed E-state index contributed by atoms with van der Waals surface area (Å²) in [5.41, 5.74) is 6.42. The highest BCUT2D eigenvalue weighted by Crippen LogP contribution is 2.33. The molecule has 2 heterocycles. The third-order valence-corrected chi connectivity index (χ3v) is 5.48. The summed E-state index contributed by atoms with van der Waals surface area (Å²) in [5.74, 6) is 1.21. The fourth-order valence-electron chi connectivity index (χ4n) is 2.53. The minimum atomic E-state index is -0.161. The van der Waals surface area contributed by atoms with Crippen molar-refractivity contribution in [3.63, 3.8) is 0 Å². The molecular formula is C17H20BrN7OS. The lowest BCUT2D eigenvalue weighted by Crippen LogP contribution is -2.23. The first-order chi connectivity index (χ1) is 12.8. The Morgan fingerprint density at radius 1 is 1.26 bits per heavy atom. The lowest BCUT2D eigenvalue weighted by atomic mass is 10.2. The van der Waals surface area contributed by atoms with Crippen molar-refractivity contribution in [1.29, 1.82) is 0 Å². The van der Waals surface area contributed by atoms with E-state index in [0.29, 0.717) is 34.4 Å². The molecular weight excluding hydrogens is 430 g/mol. The van der Waals surface area contributed by atoms with Gasteiger partial charge in [-0.15, -0.1) is 0 Å². The van der Waals surface area contributed by atoms with Crippen LogP contribution < -0.4 is 16.2 Å². The van der Waals surface area contributed by atoms with Crippen LogP contribution in [0.15, 0.2) is 32.6 Å². The SMILES string of the molecule is CCn1c(SC(C)c2nc(N)nc(N(C)C)n2)nc2ccc(Br)cc2c1=O. The van der Waals surface area contributed by atoms with Crippen molar-refractivity contribution >= 4 is 50.5 Å².